The van der Waals surface area contributed by atoms with Gasteiger partial charge in [-0.2, -0.15) is 0 Å². The Balaban J connectivity index is 2.63. The van der Waals surface area contributed by atoms with Crippen molar-refractivity contribution < 1.29 is 4.79 Å². The minimum Gasteiger partial charge on any atom is -0.321 e. The molecule has 2 nitrogen and oxygen atoms in total. The fourth-order valence-electron chi connectivity index (χ4n) is 2.65. The molecule has 0 radical (unpaired) electrons. The Hall–Kier alpha value is -0.370. The van der Waals surface area contributed by atoms with Gasteiger partial charge in [0.2, 0.25) is 0 Å². The van der Waals surface area contributed by atoms with Crippen molar-refractivity contribution in [3.8, 4) is 0 Å². The molecule has 0 amide bonds. The van der Waals surface area contributed by atoms with Gasteiger partial charge in [-0.05, 0) is 24.7 Å². The van der Waals surface area contributed by atoms with Gasteiger partial charge in [0.15, 0.2) is 5.78 Å². The Labute approximate surface area is 93.6 Å². The summed E-state index contributed by atoms with van der Waals surface area (Å²) in [5, 5.41) is 0. The van der Waals surface area contributed by atoms with Gasteiger partial charge in [-0.15, -0.1) is 0 Å². The lowest BCUT2D eigenvalue weighted by Gasteiger charge is -2.32. The number of carbonyl (C=O) groups excluding carboxylic acids is 1. The Bertz CT molecular complexity index is 213. The van der Waals surface area contributed by atoms with Gasteiger partial charge < -0.3 is 5.73 Å². The van der Waals surface area contributed by atoms with Crippen LogP contribution in [0.5, 0.6) is 0 Å². The zero-order valence-electron chi connectivity index (χ0n) is 10.3. The smallest absolute Gasteiger partial charge is 0.153 e. The van der Waals surface area contributed by atoms with Crippen molar-refractivity contribution in [3.63, 3.8) is 0 Å². The highest BCUT2D eigenvalue weighted by Crippen LogP contribution is 2.33. The van der Waals surface area contributed by atoms with Crippen LogP contribution in [0.15, 0.2) is 0 Å². The molecule has 1 aliphatic carbocycles. The summed E-state index contributed by atoms with van der Waals surface area (Å²) < 4.78 is 0. The maximum absolute atomic E-state index is 12.2. The monoisotopic (exact) mass is 211 g/mol. The average molecular weight is 211 g/mol. The van der Waals surface area contributed by atoms with E-state index in [4.69, 9.17) is 5.73 Å². The Morgan fingerprint density at radius 1 is 1.33 bits per heavy atom. The van der Waals surface area contributed by atoms with E-state index in [-0.39, 0.29) is 17.9 Å². The van der Waals surface area contributed by atoms with E-state index < -0.39 is 0 Å². The molecule has 3 atom stereocenters. The molecule has 2 heteroatoms. The van der Waals surface area contributed by atoms with Gasteiger partial charge >= 0.3 is 0 Å². The molecule has 1 fully saturated rings. The summed E-state index contributed by atoms with van der Waals surface area (Å²) in [4.78, 5) is 12.2. The molecule has 0 aromatic rings. The predicted molar refractivity (Wildman–Crippen MR) is 63.6 cm³/mol. The molecule has 3 unspecified atom stereocenters. The van der Waals surface area contributed by atoms with Crippen LogP contribution in [0.4, 0.5) is 0 Å². The second kappa shape index (κ2) is 5.64. The van der Waals surface area contributed by atoms with Crippen molar-refractivity contribution in [2.75, 3.05) is 0 Å². The highest BCUT2D eigenvalue weighted by atomic mass is 16.1. The van der Waals surface area contributed by atoms with E-state index in [9.17, 15) is 4.79 Å². The zero-order valence-corrected chi connectivity index (χ0v) is 10.3. The molecule has 2 N–H and O–H groups in total. The highest BCUT2D eigenvalue weighted by Gasteiger charge is 2.33. The molecule has 1 rings (SSSR count). The van der Waals surface area contributed by atoms with Crippen molar-refractivity contribution in [2.45, 2.75) is 58.9 Å². The molecule has 88 valence electrons. The predicted octanol–water partition coefficient (Wildman–Crippen LogP) is 2.76. The van der Waals surface area contributed by atoms with E-state index in [0.717, 1.165) is 12.8 Å². The number of hydrogen-bond donors (Lipinski definition) is 1. The quantitative estimate of drug-likeness (QED) is 0.777. The molecule has 1 saturated carbocycles. The first-order valence-corrected chi connectivity index (χ1v) is 6.37. The van der Waals surface area contributed by atoms with E-state index in [1.807, 2.05) is 13.8 Å². The summed E-state index contributed by atoms with van der Waals surface area (Å²) in [5.74, 6) is 1.44. The first-order valence-electron chi connectivity index (χ1n) is 6.37. The van der Waals surface area contributed by atoms with Gasteiger partial charge in [0, 0.05) is 5.92 Å². The molecule has 0 bridgehead atoms. The number of rotatable bonds is 4. The van der Waals surface area contributed by atoms with Gasteiger partial charge in [-0.3, -0.25) is 4.79 Å². The fraction of sp³-hybridized carbons (Fsp3) is 0.923. The number of carbonyl (C=O) groups is 1. The third kappa shape index (κ3) is 3.04. The number of hydrogen-bond acceptors (Lipinski definition) is 2. The summed E-state index contributed by atoms with van der Waals surface area (Å²) >= 11 is 0. The largest absolute Gasteiger partial charge is 0.321 e. The molecule has 0 spiro atoms. The lowest BCUT2D eigenvalue weighted by Crippen LogP contribution is -2.42. The van der Waals surface area contributed by atoms with Gasteiger partial charge in [0.1, 0.15) is 0 Å². The third-order valence-electron chi connectivity index (χ3n) is 3.85. The second-order valence-electron chi connectivity index (χ2n) is 5.23. The topological polar surface area (TPSA) is 43.1 Å². The summed E-state index contributed by atoms with van der Waals surface area (Å²) in [6, 6.07) is -0.248. The Morgan fingerprint density at radius 3 is 2.47 bits per heavy atom. The second-order valence-corrected chi connectivity index (χ2v) is 5.23. The lowest BCUT2D eigenvalue weighted by molar-refractivity contribution is -0.127. The average Bonchev–Trinajstić information content (AvgIpc) is 2.26. The molecule has 0 aliphatic heterocycles. The minimum absolute atomic E-state index is 0.248. The highest BCUT2D eigenvalue weighted by molar-refractivity contribution is 5.86. The minimum atomic E-state index is -0.248. The van der Waals surface area contributed by atoms with E-state index >= 15 is 0 Å². The maximum atomic E-state index is 12.2. The van der Waals surface area contributed by atoms with Crippen LogP contribution in [-0.2, 0) is 4.79 Å². The van der Waals surface area contributed by atoms with Crippen molar-refractivity contribution in [2.24, 2.45) is 23.5 Å². The first kappa shape index (κ1) is 12.7. The number of ketones is 1. The van der Waals surface area contributed by atoms with Gasteiger partial charge in [-0.25, -0.2) is 0 Å². The van der Waals surface area contributed by atoms with Crippen molar-refractivity contribution in [1.29, 1.82) is 0 Å². The Morgan fingerprint density at radius 2 is 1.93 bits per heavy atom. The van der Waals surface area contributed by atoms with Gasteiger partial charge in [0.25, 0.3) is 0 Å². The third-order valence-corrected chi connectivity index (χ3v) is 3.85. The van der Waals surface area contributed by atoms with Crippen LogP contribution in [0.3, 0.4) is 0 Å². The molecule has 0 saturated heterocycles. The van der Waals surface area contributed by atoms with Crippen LogP contribution in [-0.4, -0.2) is 11.8 Å². The summed E-state index contributed by atoms with van der Waals surface area (Å²) in [7, 11) is 0. The first-order chi connectivity index (χ1) is 7.07. The zero-order chi connectivity index (χ0) is 11.4. The van der Waals surface area contributed by atoms with E-state index in [2.05, 4.69) is 6.92 Å². The molecular formula is C13H25NO. The molecule has 15 heavy (non-hydrogen) atoms. The van der Waals surface area contributed by atoms with Crippen LogP contribution in [0.2, 0.25) is 0 Å². The van der Waals surface area contributed by atoms with Crippen LogP contribution in [0, 0.1) is 17.8 Å². The Kier molecular flexibility index (Phi) is 4.78. The number of nitrogens with two attached hydrogens (primary N) is 1. The van der Waals surface area contributed by atoms with Crippen molar-refractivity contribution in [3.05, 3.63) is 0 Å². The van der Waals surface area contributed by atoms with E-state index in [0.29, 0.717) is 11.7 Å². The molecule has 1 aliphatic rings. The summed E-state index contributed by atoms with van der Waals surface area (Å²) in [6.45, 7) is 6.26. The van der Waals surface area contributed by atoms with Crippen LogP contribution < -0.4 is 5.73 Å². The SMILES string of the molecule is CCC1CCCCC1C(=O)C(N)C(C)C. The van der Waals surface area contributed by atoms with Gasteiger partial charge in [0.05, 0.1) is 6.04 Å². The van der Waals surface area contributed by atoms with Crippen molar-refractivity contribution in [1.82, 2.24) is 0 Å². The van der Waals surface area contributed by atoms with Gasteiger partial charge in [-0.1, -0.05) is 40.0 Å². The molecule has 0 aromatic carbocycles. The molecular weight excluding hydrogens is 186 g/mol. The van der Waals surface area contributed by atoms with Crippen LogP contribution >= 0.6 is 0 Å². The van der Waals surface area contributed by atoms with Crippen molar-refractivity contribution >= 4 is 5.78 Å². The maximum Gasteiger partial charge on any atom is 0.153 e. The fourth-order valence-corrected chi connectivity index (χ4v) is 2.65. The summed E-state index contributed by atoms with van der Waals surface area (Å²) in [5.41, 5.74) is 5.96. The molecule has 0 heterocycles. The standard InChI is InChI=1S/C13H25NO/c1-4-10-7-5-6-8-11(10)13(15)12(14)9(2)3/h9-12H,4-8,14H2,1-3H3. The van der Waals surface area contributed by atoms with E-state index in [1.165, 1.54) is 19.3 Å². The van der Waals surface area contributed by atoms with E-state index in [1.54, 1.807) is 0 Å². The number of Topliss-reactive ketones (excluding diaryl/α,β-unsaturated/α-hetero) is 1. The van der Waals surface area contributed by atoms with Crippen LogP contribution in [0.1, 0.15) is 52.9 Å². The lowest BCUT2D eigenvalue weighted by atomic mass is 9.73. The normalized spacial score (nSPS) is 29.1. The molecule has 0 aromatic heterocycles. The summed E-state index contributed by atoms with van der Waals surface area (Å²) in [6.07, 6.45) is 5.91. The van der Waals surface area contributed by atoms with Crippen LogP contribution in [0.25, 0.3) is 0 Å².